The smallest absolute Gasteiger partial charge is 1.00 e. The van der Waals surface area contributed by atoms with Crippen molar-refractivity contribution in [3.8, 4) is 22.6 Å². The first-order valence-corrected chi connectivity index (χ1v) is 9.53. The van der Waals surface area contributed by atoms with Gasteiger partial charge < -0.3 is 34.3 Å². The van der Waals surface area contributed by atoms with E-state index in [9.17, 15) is 0 Å². The van der Waals surface area contributed by atoms with Crippen LogP contribution in [-0.2, 0) is 37.0 Å². The summed E-state index contributed by atoms with van der Waals surface area (Å²) in [6, 6.07) is 15.2. The largest absolute Gasteiger partial charge is 3.00 e. The van der Waals surface area contributed by atoms with Crippen LogP contribution >= 0.6 is 0 Å². The van der Waals surface area contributed by atoms with Gasteiger partial charge in [0.1, 0.15) is 5.75 Å². The number of methoxy groups -OCH3 is 2. The summed E-state index contributed by atoms with van der Waals surface area (Å²) in [6.07, 6.45) is 0. The normalized spacial score (nSPS) is 11.2. The Kier molecular flexibility index (Phi) is 10.3. The fraction of sp³-hybridized carbons (Fsp3) is 0.400. The molecule has 2 nitrogen and oxygen atoms in total. The van der Waals surface area contributed by atoms with Crippen LogP contribution in [0.5, 0.6) is 11.5 Å². The van der Waals surface area contributed by atoms with Gasteiger partial charge >= 0.3 is 26.2 Å². The Labute approximate surface area is 213 Å². The molecule has 3 aromatic rings. The predicted molar refractivity (Wildman–Crippen MR) is 115 cm³/mol. The van der Waals surface area contributed by atoms with Crippen molar-refractivity contribution in [3.05, 3.63) is 53.6 Å². The van der Waals surface area contributed by atoms with Crippen LogP contribution in [0, 0.1) is 0 Å². The second-order valence-corrected chi connectivity index (χ2v) is 9.27. The zero-order valence-electron chi connectivity index (χ0n) is 19.1. The van der Waals surface area contributed by atoms with Crippen molar-refractivity contribution in [1.29, 1.82) is 0 Å². The number of ether oxygens (including phenoxy) is 2. The van der Waals surface area contributed by atoms with Gasteiger partial charge in [0.15, 0.2) is 0 Å². The maximum Gasteiger partial charge on any atom is 3.00 e. The molecule has 0 aliphatic carbocycles. The van der Waals surface area contributed by atoms with Crippen molar-refractivity contribution in [1.82, 2.24) is 0 Å². The third-order valence-electron chi connectivity index (χ3n) is 5.21. The average Bonchev–Trinajstić information content (AvgIpc) is 3.08. The summed E-state index contributed by atoms with van der Waals surface area (Å²) < 4.78 is 11.5. The number of rotatable bonds is 3. The molecule has 1 radical (unpaired) electrons. The Morgan fingerprint density at radius 1 is 0.767 bits per heavy atom. The van der Waals surface area contributed by atoms with E-state index < -0.39 is 0 Å². The van der Waals surface area contributed by atoms with Crippen molar-refractivity contribution in [2.75, 3.05) is 14.2 Å². The van der Waals surface area contributed by atoms with Gasteiger partial charge in [-0.05, 0) is 28.5 Å². The molecule has 0 unspecified atom stereocenters. The van der Waals surface area contributed by atoms with E-state index in [-0.39, 0.29) is 61.8 Å². The SMILES string of the molecule is COc1c(C(C)(C)C)cc(-c2ccc(OC)c3[cH-]ccc23)cc1C(C)(C)C.[Cl-].[Cl-].[Zr+3]. The van der Waals surface area contributed by atoms with Gasteiger partial charge in [0, 0.05) is 16.9 Å². The maximum absolute atomic E-state index is 5.91. The standard InChI is InChI=1S/C25H31O2.2ClH.Zr/c1-24(2,3)20-14-16(15-21(23(20)27-8)25(4,5)6)17-12-13-22(26-7)19-11-9-10-18(17)19;;;/h9-15H,1-8H3;2*1H;/q-1;;;+3/p-2. The Balaban J connectivity index is 0.00000280. The van der Waals surface area contributed by atoms with Gasteiger partial charge in [-0.3, -0.25) is 0 Å². The molecule has 0 aliphatic rings. The first kappa shape index (κ1) is 29.1. The van der Waals surface area contributed by atoms with Crippen molar-refractivity contribution in [2.45, 2.75) is 52.4 Å². The summed E-state index contributed by atoms with van der Waals surface area (Å²) in [5.74, 6) is 1.92. The zero-order valence-corrected chi connectivity index (χ0v) is 23.1. The zero-order chi connectivity index (χ0) is 20.0. The van der Waals surface area contributed by atoms with Crippen LogP contribution in [0.1, 0.15) is 52.7 Å². The van der Waals surface area contributed by atoms with E-state index in [1.54, 1.807) is 14.2 Å². The molecule has 0 spiro atoms. The second-order valence-electron chi connectivity index (χ2n) is 9.27. The fourth-order valence-corrected chi connectivity index (χ4v) is 3.76. The van der Waals surface area contributed by atoms with E-state index in [4.69, 9.17) is 9.47 Å². The topological polar surface area (TPSA) is 18.5 Å². The van der Waals surface area contributed by atoms with Crippen molar-refractivity contribution in [2.24, 2.45) is 0 Å². The summed E-state index contributed by atoms with van der Waals surface area (Å²) >= 11 is 0. The fourth-order valence-electron chi connectivity index (χ4n) is 3.76. The Morgan fingerprint density at radius 3 is 1.73 bits per heavy atom. The van der Waals surface area contributed by atoms with Gasteiger partial charge in [-0.2, -0.15) is 12.1 Å². The summed E-state index contributed by atoms with van der Waals surface area (Å²) in [4.78, 5) is 0. The minimum Gasteiger partial charge on any atom is -1.00 e. The van der Waals surface area contributed by atoms with E-state index >= 15 is 0 Å². The van der Waals surface area contributed by atoms with Crippen LogP contribution in [0.4, 0.5) is 0 Å². The van der Waals surface area contributed by atoms with Gasteiger partial charge in [0.2, 0.25) is 0 Å². The number of hydrogen-bond donors (Lipinski definition) is 0. The van der Waals surface area contributed by atoms with Crippen LogP contribution in [-0.4, -0.2) is 14.2 Å². The molecule has 0 N–H and O–H groups in total. The molecule has 5 heteroatoms. The first-order chi connectivity index (χ1) is 12.6. The van der Waals surface area contributed by atoms with Crippen LogP contribution in [0.15, 0.2) is 42.5 Å². The molecule has 0 heterocycles. The maximum atomic E-state index is 5.91. The molecule has 0 amide bonds. The minimum absolute atomic E-state index is 0. The van der Waals surface area contributed by atoms with E-state index in [0.29, 0.717) is 0 Å². The summed E-state index contributed by atoms with van der Waals surface area (Å²) in [5, 5.41) is 2.37. The molecule has 0 fully saturated rings. The molecule has 0 saturated heterocycles. The molecule has 161 valence electrons. The van der Waals surface area contributed by atoms with E-state index in [0.717, 1.165) is 16.9 Å². The molecule has 0 bridgehead atoms. The van der Waals surface area contributed by atoms with Crippen molar-refractivity contribution in [3.63, 3.8) is 0 Å². The quantitative estimate of drug-likeness (QED) is 0.472. The van der Waals surface area contributed by atoms with E-state index in [1.807, 2.05) is 0 Å². The molecule has 0 saturated carbocycles. The second kappa shape index (κ2) is 10.6. The summed E-state index contributed by atoms with van der Waals surface area (Å²) in [5.41, 5.74) is 4.91. The monoisotopic (exact) mass is 523 g/mol. The predicted octanol–water partition coefficient (Wildman–Crippen LogP) is 0.843. The molecule has 3 aromatic carbocycles. The number of benzene rings is 2. The third kappa shape index (κ3) is 5.47. The Bertz CT molecular complexity index is 944. The molecule has 0 aliphatic heterocycles. The average molecular weight is 526 g/mol. The van der Waals surface area contributed by atoms with Crippen LogP contribution < -0.4 is 34.3 Å². The number of halogens is 2. The van der Waals surface area contributed by atoms with Crippen molar-refractivity contribution >= 4 is 10.8 Å². The van der Waals surface area contributed by atoms with E-state index in [2.05, 4.69) is 84.0 Å². The molecular weight excluding hydrogens is 494 g/mol. The summed E-state index contributed by atoms with van der Waals surface area (Å²) in [6.45, 7) is 13.5. The van der Waals surface area contributed by atoms with Gasteiger partial charge in [-0.25, -0.2) is 0 Å². The van der Waals surface area contributed by atoms with Crippen molar-refractivity contribution < 1.29 is 60.5 Å². The minimum atomic E-state index is -0.0149. The van der Waals surface area contributed by atoms with Crippen LogP contribution in [0.3, 0.4) is 0 Å². The van der Waals surface area contributed by atoms with Gasteiger partial charge in [0.25, 0.3) is 0 Å². The molecule has 0 aromatic heterocycles. The molecule has 3 rings (SSSR count). The Morgan fingerprint density at radius 2 is 1.30 bits per heavy atom. The molecule has 30 heavy (non-hydrogen) atoms. The summed E-state index contributed by atoms with van der Waals surface area (Å²) in [7, 11) is 3.51. The Hall–Kier alpha value is -0.887. The van der Waals surface area contributed by atoms with Gasteiger partial charge in [-0.15, -0.1) is 16.8 Å². The van der Waals surface area contributed by atoms with Crippen LogP contribution in [0.2, 0.25) is 0 Å². The number of hydrogen-bond acceptors (Lipinski definition) is 2. The van der Waals surface area contributed by atoms with Gasteiger partial charge in [0.05, 0.1) is 14.2 Å². The molecular formula is C25H31Cl2O2Zr. The third-order valence-corrected chi connectivity index (χ3v) is 5.21. The van der Waals surface area contributed by atoms with Gasteiger partial charge in [-0.1, -0.05) is 59.2 Å². The van der Waals surface area contributed by atoms with E-state index in [1.165, 1.54) is 27.6 Å². The number of fused-ring (bicyclic) bond motifs is 1. The van der Waals surface area contributed by atoms with Crippen LogP contribution in [0.25, 0.3) is 21.9 Å². The molecule has 0 atom stereocenters. The first-order valence-electron chi connectivity index (χ1n) is 9.53.